The minimum atomic E-state index is -2.17. The van der Waals surface area contributed by atoms with Gasteiger partial charge in [0.1, 0.15) is 17.1 Å². The third kappa shape index (κ3) is 3.46. The molecule has 0 radical (unpaired) electrons. The number of carbonyl (C=O) groups is 1. The summed E-state index contributed by atoms with van der Waals surface area (Å²) in [6.07, 6.45) is 0. The van der Waals surface area contributed by atoms with Gasteiger partial charge in [-0.1, -0.05) is 32.4 Å². The Bertz CT molecular complexity index is 521. The van der Waals surface area contributed by atoms with E-state index in [9.17, 15) is 9.90 Å². The van der Waals surface area contributed by atoms with Crippen molar-refractivity contribution in [3.63, 3.8) is 0 Å². The van der Waals surface area contributed by atoms with Crippen LogP contribution in [0.15, 0.2) is 12.1 Å². The Labute approximate surface area is 125 Å². The van der Waals surface area contributed by atoms with Gasteiger partial charge in [0.2, 0.25) is 0 Å². The summed E-state index contributed by atoms with van der Waals surface area (Å²) in [6.45, 7) is 10.3. The number of carboxylic acids is 1. The van der Waals surface area contributed by atoms with Gasteiger partial charge in [-0.25, -0.2) is 4.79 Å². The van der Waals surface area contributed by atoms with Crippen LogP contribution in [0.4, 0.5) is 0 Å². The van der Waals surface area contributed by atoms with Crippen molar-refractivity contribution >= 4 is 25.9 Å². The highest BCUT2D eigenvalue weighted by Crippen LogP contribution is 2.41. The molecule has 112 valence electrons. The van der Waals surface area contributed by atoms with E-state index in [2.05, 4.69) is 20.8 Å². The standard InChI is InChI=1S/C14H21ClO4Si/c1-14(2,3)20(5,6)19-12-10(13(16)17)7-9(18-4)8-11(12)15/h7-8H,1-6H3,(H,16,17). The molecule has 0 unspecified atom stereocenters. The van der Waals surface area contributed by atoms with Crippen molar-refractivity contribution in [3.8, 4) is 11.5 Å². The van der Waals surface area contributed by atoms with Crippen LogP contribution in [0.25, 0.3) is 0 Å². The fourth-order valence-electron chi connectivity index (χ4n) is 1.36. The molecule has 0 saturated carbocycles. The van der Waals surface area contributed by atoms with E-state index in [1.807, 2.05) is 13.1 Å². The summed E-state index contributed by atoms with van der Waals surface area (Å²) >= 11 is 6.17. The van der Waals surface area contributed by atoms with Crippen LogP contribution in [-0.4, -0.2) is 26.5 Å². The van der Waals surface area contributed by atoms with Crippen molar-refractivity contribution in [1.82, 2.24) is 0 Å². The lowest BCUT2D eigenvalue weighted by Gasteiger charge is -2.37. The van der Waals surface area contributed by atoms with Crippen molar-refractivity contribution in [1.29, 1.82) is 0 Å². The topological polar surface area (TPSA) is 55.8 Å². The lowest BCUT2D eigenvalue weighted by Crippen LogP contribution is -2.44. The van der Waals surface area contributed by atoms with Gasteiger partial charge in [0.05, 0.1) is 12.1 Å². The van der Waals surface area contributed by atoms with E-state index in [1.54, 1.807) is 6.07 Å². The molecule has 0 heterocycles. The van der Waals surface area contributed by atoms with Crippen molar-refractivity contribution in [2.45, 2.75) is 38.9 Å². The van der Waals surface area contributed by atoms with Crippen LogP contribution in [0.5, 0.6) is 11.5 Å². The van der Waals surface area contributed by atoms with Crippen LogP contribution in [-0.2, 0) is 0 Å². The second-order valence-corrected chi connectivity index (χ2v) is 11.3. The van der Waals surface area contributed by atoms with E-state index in [1.165, 1.54) is 13.2 Å². The summed E-state index contributed by atoms with van der Waals surface area (Å²) in [5.74, 6) is -0.457. The Morgan fingerprint density at radius 1 is 1.30 bits per heavy atom. The molecule has 1 aromatic carbocycles. The maximum Gasteiger partial charge on any atom is 0.339 e. The number of rotatable bonds is 4. The first kappa shape index (κ1) is 16.9. The number of hydrogen-bond donors (Lipinski definition) is 1. The smallest absolute Gasteiger partial charge is 0.339 e. The first-order chi connectivity index (χ1) is 8.99. The molecule has 0 bridgehead atoms. The predicted octanol–water partition coefficient (Wildman–Crippen LogP) is 4.43. The predicted molar refractivity (Wildman–Crippen MR) is 82.8 cm³/mol. The second-order valence-electron chi connectivity index (χ2n) is 6.15. The van der Waals surface area contributed by atoms with Crippen molar-refractivity contribution in [2.24, 2.45) is 0 Å². The Morgan fingerprint density at radius 3 is 2.25 bits per heavy atom. The third-order valence-corrected chi connectivity index (χ3v) is 8.25. The zero-order valence-electron chi connectivity index (χ0n) is 12.7. The second kappa shape index (κ2) is 5.66. The fourth-order valence-corrected chi connectivity index (χ4v) is 2.71. The molecule has 6 heteroatoms. The van der Waals surface area contributed by atoms with E-state index in [-0.39, 0.29) is 21.4 Å². The van der Waals surface area contributed by atoms with Crippen molar-refractivity contribution in [3.05, 3.63) is 22.7 Å². The molecule has 1 aromatic rings. The van der Waals surface area contributed by atoms with Crippen LogP contribution >= 0.6 is 11.6 Å². The summed E-state index contributed by atoms with van der Waals surface area (Å²) in [5, 5.41) is 9.54. The van der Waals surface area contributed by atoms with Gasteiger partial charge >= 0.3 is 5.97 Å². The van der Waals surface area contributed by atoms with Crippen molar-refractivity contribution < 1.29 is 19.1 Å². The van der Waals surface area contributed by atoms with Crippen LogP contribution in [0.1, 0.15) is 31.1 Å². The molecule has 0 amide bonds. The Morgan fingerprint density at radius 2 is 1.85 bits per heavy atom. The highest BCUT2D eigenvalue weighted by molar-refractivity contribution is 6.74. The summed E-state index contributed by atoms with van der Waals surface area (Å²) in [7, 11) is -0.707. The highest BCUT2D eigenvalue weighted by atomic mass is 35.5. The largest absolute Gasteiger partial charge is 0.542 e. The van der Waals surface area contributed by atoms with Crippen LogP contribution in [0, 0.1) is 0 Å². The Kier molecular flexibility index (Phi) is 4.76. The number of methoxy groups -OCH3 is 1. The van der Waals surface area contributed by atoms with Crippen LogP contribution < -0.4 is 9.16 Å². The van der Waals surface area contributed by atoms with Crippen molar-refractivity contribution in [2.75, 3.05) is 7.11 Å². The molecular weight excluding hydrogens is 296 g/mol. The van der Waals surface area contributed by atoms with Gasteiger partial charge in [-0.15, -0.1) is 0 Å². The summed E-state index contributed by atoms with van der Waals surface area (Å²) in [4.78, 5) is 11.4. The number of aromatic carboxylic acids is 1. The van der Waals surface area contributed by atoms with Gasteiger partial charge in [0, 0.05) is 6.07 Å². The Balaban J connectivity index is 3.35. The first-order valence-electron chi connectivity index (χ1n) is 6.29. The zero-order chi connectivity index (χ0) is 15.7. The number of halogens is 1. The SMILES string of the molecule is COc1cc(Cl)c(O[Si](C)(C)C(C)(C)C)c(C(=O)O)c1. The van der Waals surface area contributed by atoms with Gasteiger partial charge in [0.25, 0.3) is 8.32 Å². The van der Waals surface area contributed by atoms with Gasteiger partial charge < -0.3 is 14.3 Å². The molecule has 0 aliphatic heterocycles. The summed E-state index contributed by atoms with van der Waals surface area (Å²) in [5.41, 5.74) is 0.0270. The molecule has 0 spiro atoms. The minimum absolute atomic E-state index is 0.0270. The summed E-state index contributed by atoms with van der Waals surface area (Å²) < 4.78 is 11.1. The number of ether oxygens (including phenoxy) is 1. The summed E-state index contributed by atoms with van der Waals surface area (Å²) in [6, 6.07) is 2.99. The zero-order valence-corrected chi connectivity index (χ0v) is 14.5. The van der Waals surface area contributed by atoms with E-state index in [4.69, 9.17) is 20.8 Å². The molecule has 1 N–H and O–H groups in total. The van der Waals surface area contributed by atoms with Gasteiger partial charge in [-0.3, -0.25) is 0 Å². The molecule has 1 rings (SSSR count). The quantitative estimate of drug-likeness (QED) is 0.835. The molecular formula is C14H21ClO4Si. The fraction of sp³-hybridized carbons (Fsp3) is 0.500. The molecule has 0 atom stereocenters. The monoisotopic (exact) mass is 316 g/mol. The van der Waals surface area contributed by atoms with E-state index in [0.29, 0.717) is 5.75 Å². The Hall–Kier alpha value is -1.20. The normalized spacial score (nSPS) is 12.2. The van der Waals surface area contributed by atoms with Gasteiger partial charge in [-0.2, -0.15) is 0 Å². The molecule has 0 aromatic heterocycles. The van der Waals surface area contributed by atoms with E-state index >= 15 is 0 Å². The lowest BCUT2D eigenvalue weighted by atomic mass is 10.2. The van der Waals surface area contributed by atoms with Gasteiger partial charge in [0.15, 0.2) is 0 Å². The number of hydrogen-bond acceptors (Lipinski definition) is 3. The van der Waals surface area contributed by atoms with Crippen LogP contribution in [0.3, 0.4) is 0 Å². The molecule has 0 saturated heterocycles. The average Bonchev–Trinajstić information content (AvgIpc) is 2.29. The minimum Gasteiger partial charge on any atom is -0.542 e. The third-order valence-electron chi connectivity index (χ3n) is 3.65. The van der Waals surface area contributed by atoms with E-state index < -0.39 is 14.3 Å². The molecule has 0 aliphatic carbocycles. The molecule has 0 fully saturated rings. The maximum atomic E-state index is 11.4. The molecule has 0 aliphatic rings. The lowest BCUT2D eigenvalue weighted by molar-refractivity contribution is 0.0694. The number of carboxylic acid groups (broad SMARTS) is 1. The molecule has 4 nitrogen and oxygen atoms in total. The first-order valence-corrected chi connectivity index (χ1v) is 9.58. The van der Waals surface area contributed by atoms with Gasteiger partial charge in [-0.05, 0) is 24.2 Å². The maximum absolute atomic E-state index is 11.4. The molecule has 20 heavy (non-hydrogen) atoms. The van der Waals surface area contributed by atoms with Crippen LogP contribution in [0.2, 0.25) is 23.2 Å². The highest BCUT2D eigenvalue weighted by Gasteiger charge is 2.40. The average molecular weight is 317 g/mol. The van der Waals surface area contributed by atoms with E-state index in [0.717, 1.165) is 0 Å². The number of benzene rings is 1.